The molecule has 2 rings (SSSR count). The molecule has 0 bridgehead atoms. The van der Waals surface area contributed by atoms with Crippen molar-refractivity contribution >= 4 is 44.8 Å². The first-order chi connectivity index (χ1) is 13.2. The van der Waals surface area contributed by atoms with Crippen molar-refractivity contribution in [2.75, 3.05) is 17.7 Å². The molecule has 1 unspecified atom stereocenters. The lowest BCUT2D eigenvalue weighted by atomic mass is 10.1. The van der Waals surface area contributed by atoms with Crippen LogP contribution in [0.4, 0.5) is 5.69 Å². The number of ether oxygens (including phenoxy) is 1. The quantitative estimate of drug-likeness (QED) is 0.670. The van der Waals surface area contributed by atoms with Gasteiger partial charge in [0, 0.05) is 11.6 Å². The third kappa shape index (κ3) is 5.53. The van der Waals surface area contributed by atoms with Crippen molar-refractivity contribution in [3.8, 4) is 5.75 Å². The van der Waals surface area contributed by atoms with Crippen LogP contribution in [0.2, 0.25) is 10.0 Å². The molecule has 1 N–H and O–H groups in total. The number of benzene rings is 2. The summed E-state index contributed by atoms with van der Waals surface area (Å²) in [5.41, 5.74) is 1.15. The van der Waals surface area contributed by atoms with Gasteiger partial charge in [-0.3, -0.25) is 9.10 Å². The van der Waals surface area contributed by atoms with Gasteiger partial charge in [0.2, 0.25) is 15.9 Å². The number of amides is 1. The van der Waals surface area contributed by atoms with E-state index in [-0.39, 0.29) is 18.0 Å². The predicted molar refractivity (Wildman–Crippen MR) is 113 cm³/mol. The number of hydrogen-bond acceptors (Lipinski definition) is 4. The molecule has 0 radical (unpaired) electrons. The molecule has 1 amide bonds. The molecule has 9 heteroatoms. The van der Waals surface area contributed by atoms with Crippen molar-refractivity contribution in [2.24, 2.45) is 0 Å². The molecule has 152 valence electrons. The summed E-state index contributed by atoms with van der Waals surface area (Å²) < 4.78 is 31.1. The van der Waals surface area contributed by atoms with E-state index in [0.717, 1.165) is 16.1 Å². The maximum atomic E-state index is 12.8. The zero-order chi connectivity index (χ0) is 20.9. The van der Waals surface area contributed by atoms with E-state index in [0.29, 0.717) is 16.5 Å². The van der Waals surface area contributed by atoms with Crippen LogP contribution in [0, 0.1) is 0 Å². The highest BCUT2D eigenvalue weighted by Gasteiger charge is 2.31. The first kappa shape index (κ1) is 22.3. The molecule has 0 aliphatic heterocycles. The van der Waals surface area contributed by atoms with E-state index in [1.807, 2.05) is 0 Å². The average Bonchev–Trinajstić information content (AvgIpc) is 2.64. The highest BCUT2D eigenvalue weighted by molar-refractivity contribution is 7.92. The zero-order valence-electron chi connectivity index (χ0n) is 15.8. The van der Waals surface area contributed by atoms with Crippen LogP contribution >= 0.6 is 23.2 Å². The Hall–Kier alpha value is -1.96. The minimum absolute atomic E-state index is 0.255. The van der Waals surface area contributed by atoms with Crippen molar-refractivity contribution < 1.29 is 17.9 Å². The lowest BCUT2D eigenvalue weighted by Gasteiger charge is -2.30. The minimum atomic E-state index is -3.74. The summed E-state index contributed by atoms with van der Waals surface area (Å²) in [7, 11) is -2.28. The zero-order valence-corrected chi connectivity index (χ0v) is 18.1. The van der Waals surface area contributed by atoms with Gasteiger partial charge in [-0.05, 0) is 42.3 Å². The predicted octanol–water partition coefficient (Wildman–Crippen LogP) is 3.86. The summed E-state index contributed by atoms with van der Waals surface area (Å²) in [4.78, 5) is 12.8. The Morgan fingerprint density at radius 2 is 1.82 bits per heavy atom. The lowest BCUT2D eigenvalue weighted by Crippen LogP contribution is -2.49. The number of rotatable bonds is 8. The number of carbonyl (C=O) groups is 1. The Balaban J connectivity index is 2.28. The van der Waals surface area contributed by atoms with Gasteiger partial charge >= 0.3 is 0 Å². The van der Waals surface area contributed by atoms with Crippen molar-refractivity contribution in [1.29, 1.82) is 0 Å². The van der Waals surface area contributed by atoms with Crippen LogP contribution in [0.15, 0.2) is 42.5 Å². The van der Waals surface area contributed by atoms with E-state index in [1.54, 1.807) is 43.3 Å². The molecular weight excluding hydrogens is 423 g/mol. The monoisotopic (exact) mass is 444 g/mol. The van der Waals surface area contributed by atoms with Gasteiger partial charge in [-0.15, -0.1) is 0 Å². The van der Waals surface area contributed by atoms with E-state index in [4.69, 9.17) is 27.9 Å². The molecule has 0 saturated carbocycles. The van der Waals surface area contributed by atoms with E-state index in [2.05, 4.69) is 5.32 Å². The van der Waals surface area contributed by atoms with Gasteiger partial charge in [-0.2, -0.15) is 0 Å². The standard InChI is InChI=1S/C19H22Cl2N2O4S/c1-4-17(19(24)22-12-13-5-7-14(20)8-6-13)23(28(3,25)26)15-9-10-18(27-2)16(21)11-15/h5-11,17H,4,12H2,1-3H3,(H,22,24). The number of nitrogens with one attached hydrogen (secondary N) is 1. The Morgan fingerprint density at radius 3 is 2.32 bits per heavy atom. The van der Waals surface area contributed by atoms with Crippen molar-refractivity contribution in [3.63, 3.8) is 0 Å². The second kappa shape index (κ2) is 9.49. The molecule has 0 aliphatic rings. The molecule has 0 spiro atoms. The first-order valence-corrected chi connectivity index (χ1v) is 11.1. The Morgan fingerprint density at radius 1 is 1.18 bits per heavy atom. The van der Waals surface area contributed by atoms with Crippen LogP contribution in [-0.4, -0.2) is 33.7 Å². The second-order valence-corrected chi connectivity index (χ2v) is 8.85. The smallest absolute Gasteiger partial charge is 0.244 e. The molecule has 0 aliphatic carbocycles. The van der Waals surface area contributed by atoms with Crippen LogP contribution in [0.1, 0.15) is 18.9 Å². The fourth-order valence-corrected chi connectivity index (χ4v) is 4.34. The van der Waals surface area contributed by atoms with Gasteiger partial charge in [0.15, 0.2) is 0 Å². The summed E-state index contributed by atoms with van der Waals surface area (Å²) >= 11 is 12.0. The normalized spacial score (nSPS) is 12.3. The molecule has 0 saturated heterocycles. The maximum Gasteiger partial charge on any atom is 0.244 e. The number of nitrogens with zero attached hydrogens (tertiary/aromatic N) is 1. The summed E-state index contributed by atoms with van der Waals surface area (Å²) in [5.74, 6) is 0.00826. The van der Waals surface area contributed by atoms with Gasteiger partial charge in [0.25, 0.3) is 0 Å². The molecular formula is C19H22Cl2N2O4S. The molecule has 6 nitrogen and oxygen atoms in total. The highest BCUT2D eigenvalue weighted by atomic mass is 35.5. The van der Waals surface area contributed by atoms with E-state index < -0.39 is 22.0 Å². The van der Waals surface area contributed by atoms with Crippen molar-refractivity contribution in [2.45, 2.75) is 25.9 Å². The van der Waals surface area contributed by atoms with Gasteiger partial charge < -0.3 is 10.1 Å². The Labute approximate surface area is 175 Å². The molecule has 0 heterocycles. The number of hydrogen-bond donors (Lipinski definition) is 1. The Kier molecular flexibility index (Phi) is 7.57. The van der Waals surface area contributed by atoms with E-state index in [1.165, 1.54) is 13.2 Å². The summed E-state index contributed by atoms with van der Waals surface area (Å²) in [6, 6.07) is 10.7. The van der Waals surface area contributed by atoms with Crippen molar-refractivity contribution in [3.05, 3.63) is 58.1 Å². The first-order valence-electron chi connectivity index (χ1n) is 8.52. The molecule has 0 aromatic heterocycles. The van der Waals surface area contributed by atoms with E-state index in [9.17, 15) is 13.2 Å². The largest absolute Gasteiger partial charge is 0.495 e. The van der Waals surface area contributed by atoms with Crippen LogP contribution in [0.5, 0.6) is 5.75 Å². The van der Waals surface area contributed by atoms with Gasteiger partial charge in [0.05, 0.1) is 24.1 Å². The third-order valence-corrected chi connectivity index (χ3v) is 5.83. The Bertz CT molecular complexity index is 933. The number of sulfonamides is 1. The topological polar surface area (TPSA) is 75.7 Å². The summed E-state index contributed by atoms with van der Waals surface area (Å²) in [6.45, 7) is 2.00. The van der Waals surface area contributed by atoms with E-state index >= 15 is 0 Å². The minimum Gasteiger partial charge on any atom is -0.495 e. The SMILES string of the molecule is CCC(C(=O)NCc1ccc(Cl)cc1)N(c1ccc(OC)c(Cl)c1)S(C)(=O)=O. The molecule has 0 fully saturated rings. The number of anilines is 1. The van der Waals surface area contributed by atoms with Gasteiger partial charge in [0.1, 0.15) is 11.8 Å². The van der Waals surface area contributed by atoms with Crippen LogP contribution in [0.25, 0.3) is 0 Å². The highest BCUT2D eigenvalue weighted by Crippen LogP contribution is 2.31. The van der Waals surface area contributed by atoms with Crippen LogP contribution < -0.4 is 14.4 Å². The molecule has 1 atom stereocenters. The fraction of sp³-hybridized carbons (Fsp3) is 0.316. The van der Waals surface area contributed by atoms with Gasteiger partial charge in [-0.25, -0.2) is 8.42 Å². The number of carbonyl (C=O) groups excluding carboxylic acids is 1. The second-order valence-electron chi connectivity index (χ2n) is 6.15. The molecule has 28 heavy (non-hydrogen) atoms. The average molecular weight is 445 g/mol. The maximum absolute atomic E-state index is 12.8. The molecule has 2 aromatic rings. The van der Waals surface area contributed by atoms with Crippen LogP contribution in [-0.2, 0) is 21.4 Å². The summed E-state index contributed by atoms with van der Waals surface area (Å²) in [5, 5.41) is 3.64. The fourth-order valence-electron chi connectivity index (χ4n) is 2.76. The van der Waals surface area contributed by atoms with Crippen LogP contribution in [0.3, 0.4) is 0 Å². The third-order valence-electron chi connectivity index (χ3n) is 4.10. The summed E-state index contributed by atoms with van der Waals surface area (Å²) in [6.07, 6.45) is 1.34. The lowest BCUT2D eigenvalue weighted by molar-refractivity contribution is -0.122. The number of methoxy groups -OCH3 is 1. The van der Waals surface area contributed by atoms with Gasteiger partial charge in [-0.1, -0.05) is 42.3 Å². The number of halogens is 2. The van der Waals surface area contributed by atoms with Crippen molar-refractivity contribution in [1.82, 2.24) is 5.32 Å². The molecule has 2 aromatic carbocycles.